The molecular formula is C17H26IN5. The van der Waals surface area contributed by atoms with Gasteiger partial charge in [0.1, 0.15) is 5.82 Å². The summed E-state index contributed by atoms with van der Waals surface area (Å²) in [5.41, 5.74) is 8.23. The summed E-state index contributed by atoms with van der Waals surface area (Å²) in [7, 11) is 0. The molecule has 0 aliphatic carbocycles. The van der Waals surface area contributed by atoms with Gasteiger partial charge in [-0.3, -0.25) is 4.99 Å². The first-order valence-electron chi connectivity index (χ1n) is 8.21. The van der Waals surface area contributed by atoms with E-state index in [2.05, 4.69) is 32.9 Å². The van der Waals surface area contributed by atoms with E-state index in [1.54, 1.807) is 0 Å². The van der Waals surface area contributed by atoms with Gasteiger partial charge in [0.15, 0.2) is 5.96 Å². The van der Waals surface area contributed by atoms with Gasteiger partial charge in [-0.2, -0.15) is 0 Å². The zero-order valence-electron chi connectivity index (χ0n) is 13.7. The van der Waals surface area contributed by atoms with Crippen LogP contribution in [-0.2, 0) is 6.42 Å². The van der Waals surface area contributed by atoms with Crippen molar-refractivity contribution in [1.82, 2.24) is 14.9 Å². The van der Waals surface area contributed by atoms with Gasteiger partial charge in [-0.25, -0.2) is 4.98 Å². The van der Waals surface area contributed by atoms with E-state index < -0.39 is 0 Å². The number of benzene rings is 1. The Kier molecular flexibility index (Phi) is 6.68. The molecular weight excluding hydrogens is 401 g/mol. The number of nitrogens with zero attached hydrogens (tertiary/aromatic N) is 3. The minimum absolute atomic E-state index is 0. The number of likely N-dealkylation sites (tertiary alicyclic amines) is 1. The third-order valence-corrected chi connectivity index (χ3v) is 4.26. The zero-order chi connectivity index (χ0) is 15.4. The molecule has 0 spiro atoms. The summed E-state index contributed by atoms with van der Waals surface area (Å²) in [6.07, 6.45) is 4.39. The normalized spacial score (nSPS) is 18.9. The summed E-state index contributed by atoms with van der Waals surface area (Å²) >= 11 is 0. The molecule has 23 heavy (non-hydrogen) atoms. The molecule has 1 saturated heterocycles. The quantitative estimate of drug-likeness (QED) is 0.341. The predicted octanol–water partition coefficient (Wildman–Crippen LogP) is 3.16. The zero-order valence-corrected chi connectivity index (χ0v) is 16.0. The van der Waals surface area contributed by atoms with Gasteiger partial charge in [0.05, 0.1) is 11.0 Å². The number of hydrogen-bond donors (Lipinski definition) is 2. The number of halogens is 1. The number of para-hydroxylation sites is 2. The Labute approximate surface area is 154 Å². The Morgan fingerprint density at radius 2 is 2.26 bits per heavy atom. The third-order valence-electron chi connectivity index (χ3n) is 4.26. The van der Waals surface area contributed by atoms with Crippen molar-refractivity contribution < 1.29 is 0 Å². The first-order chi connectivity index (χ1) is 10.7. The minimum atomic E-state index is 0. The largest absolute Gasteiger partial charge is 0.370 e. The number of piperidine rings is 1. The van der Waals surface area contributed by atoms with Crippen molar-refractivity contribution in [3.05, 3.63) is 30.1 Å². The molecule has 3 rings (SSSR count). The van der Waals surface area contributed by atoms with Crippen LogP contribution < -0.4 is 5.73 Å². The maximum Gasteiger partial charge on any atom is 0.191 e. The molecule has 0 amide bonds. The molecule has 0 radical (unpaired) electrons. The molecule has 126 valence electrons. The number of aromatic amines is 1. The van der Waals surface area contributed by atoms with Crippen LogP contribution in [-0.4, -0.2) is 40.5 Å². The fourth-order valence-corrected chi connectivity index (χ4v) is 3.06. The second-order valence-corrected chi connectivity index (χ2v) is 6.24. The molecule has 1 aromatic carbocycles. The van der Waals surface area contributed by atoms with Gasteiger partial charge in [0.2, 0.25) is 0 Å². The van der Waals surface area contributed by atoms with Crippen LogP contribution >= 0.6 is 24.0 Å². The van der Waals surface area contributed by atoms with Crippen molar-refractivity contribution in [3.63, 3.8) is 0 Å². The second kappa shape index (κ2) is 8.52. The fraction of sp³-hybridized carbons (Fsp3) is 0.529. The van der Waals surface area contributed by atoms with E-state index in [0.717, 1.165) is 55.3 Å². The lowest BCUT2D eigenvalue weighted by Gasteiger charge is -2.31. The monoisotopic (exact) mass is 427 g/mol. The van der Waals surface area contributed by atoms with Gasteiger partial charge < -0.3 is 15.6 Å². The average molecular weight is 427 g/mol. The van der Waals surface area contributed by atoms with Crippen LogP contribution in [0.15, 0.2) is 29.3 Å². The predicted molar refractivity (Wildman–Crippen MR) is 106 cm³/mol. The molecule has 3 N–H and O–H groups in total. The lowest BCUT2D eigenvalue weighted by atomic mass is 10.0. The molecule has 1 aliphatic heterocycles. The molecule has 0 bridgehead atoms. The summed E-state index contributed by atoms with van der Waals surface area (Å²) in [5.74, 6) is 2.45. The number of nitrogens with one attached hydrogen (secondary N) is 1. The molecule has 2 heterocycles. The summed E-state index contributed by atoms with van der Waals surface area (Å²) in [6, 6.07) is 8.12. The fourth-order valence-electron chi connectivity index (χ4n) is 3.06. The molecule has 1 fully saturated rings. The highest BCUT2D eigenvalue weighted by Gasteiger charge is 2.17. The molecule has 0 saturated carbocycles. The van der Waals surface area contributed by atoms with Crippen LogP contribution in [0.25, 0.3) is 11.0 Å². The topological polar surface area (TPSA) is 70.3 Å². The number of fused-ring (bicyclic) bond motifs is 1. The molecule has 5 nitrogen and oxygen atoms in total. The number of nitrogens with two attached hydrogens (primary N) is 1. The summed E-state index contributed by atoms with van der Waals surface area (Å²) in [6.45, 7) is 5.12. The number of rotatable bonds is 4. The number of aromatic nitrogens is 2. The van der Waals surface area contributed by atoms with Crippen LogP contribution in [0.1, 0.15) is 32.0 Å². The standard InChI is InChI=1S/C17H25N5.HI/c1-13-6-5-11-22(12-13)17(18)19-10-4-9-16-20-14-7-2-3-8-15(14)21-16;/h2-3,7-8,13H,4-6,9-12H2,1H3,(H2,18,19)(H,20,21);1H. The van der Waals surface area contributed by atoms with Crippen LogP contribution in [0.4, 0.5) is 0 Å². The Balaban J connectivity index is 0.00000192. The van der Waals surface area contributed by atoms with Gasteiger partial charge in [0.25, 0.3) is 0 Å². The molecule has 1 atom stereocenters. The van der Waals surface area contributed by atoms with Crippen molar-refractivity contribution in [2.24, 2.45) is 16.6 Å². The molecule has 1 aliphatic rings. The van der Waals surface area contributed by atoms with Crippen LogP contribution in [0.2, 0.25) is 0 Å². The van der Waals surface area contributed by atoms with Crippen LogP contribution in [0.3, 0.4) is 0 Å². The summed E-state index contributed by atoms with van der Waals surface area (Å²) < 4.78 is 0. The molecule has 1 aromatic heterocycles. The summed E-state index contributed by atoms with van der Waals surface area (Å²) in [4.78, 5) is 14.7. The van der Waals surface area contributed by atoms with E-state index in [0.29, 0.717) is 5.96 Å². The number of imidazole rings is 1. The Hall–Kier alpha value is -1.31. The number of aliphatic imine (C=N–C) groups is 1. The molecule has 6 heteroatoms. The maximum absolute atomic E-state index is 6.10. The van der Waals surface area contributed by atoms with E-state index >= 15 is 0 Å². The van der Waals surface area contributed by atoms with Crippen LogP contribution in [0.5, 0.6) is 0 Å². The lowest BCUT2D eigenvalue weighted by Crippen LogP contribution is -2.43. The van der Waals surface area contributed by atoms with Gasteiger partial charge in [0, 0.05) is 26.1 Å². The molecule has 2 aromatic rings. The smallest absolute Gasteiger partial charge is 0.191 e. The van der Waals surface area contributed by atoms with Crippen molar-refractivity contribution in [2.75, 3.05) is 19.6 Å². The van der Waals surface area contributed by atoms with Gasteiger partial charge in [-0.1, -0.05) is 19.1 Å². The Morgan fingerprint density at radius 1 is 1.43 bits per heavy atom. The number of hydrogen-bond acceptors (Lipinski definition) is 2. The van der Waals surface area contributed by atoms with Gasteiger partial charge in [-0.05, 0) is 37.3 Å². The van der Waals surface area contributed by atoms with Crippen molar-refractivity contribution in [2.45, 2.75) is 32.6 Å². The number of aryl methyl sites for hydroxylation is 1. The highest BCUT2D eigenvalue weighted by atomic mass is 127. The SMILES string of the molecule is CC1CCCN(C(N)=NCCCc2nc3ccccc3[nH]2)C1.I. The van der Waals surface area contributed by atoms with E-state index in [9.17, 15) is 0 Å². The van der Waals surface area contributed by atoms with Gasteiger partial charge in [-0.15, -0.1) is 24.0 Å². The third kappa shape index (κ3) is 4.83. The van der Waals surface area contributed by atoms with Crippen LogP contribution in [0, 0.1) is 5.92 Å². The highest BCUT2D eigenvalue weighted by Crippen LogP contribution is 2.15. The summed E-state index contributed by atoms with van der Waals surface area (Å²) in [5, 5.41) is 0. The van der Waals surface area contributed by atoms with Crippen molar-refractivity contribution in [1.29, 1.82) is 0 Å². The van der Waals surface area contributed by atoms with Crippen molar-refractivity contribution >= 4 is 41.0 Å². The molecule has 1 unspecified atom stereocenters. The Morgan fingerprint density at radius 3 is 3.04 bits per heavy atom. The number of H-pyrrole nitrogens is 1. The van der Waals surface area contributed by atoms with Crippen molar-refractivity contribution in [3.8, 4) is 0 Å². The van der Waals surface area contributed by atoms with E-state index in [-0.39, 0.29) is 24.0 Å². The highest BCUT2D eigenvalue weighted by molar-refractivity contribution is 14.0. The first kappa shape index (κ1) is 18.0. The van der Waals surface area contributed by atoms with E-state index in [4.69, 9.17) is 5.73 Å². The second-order valence-electron chi connectivity index (χ2n) is 6.24. The maximum atomic E-state index is 6.10. The average Bonchev–Trinajstić information content (AvgIpc) is 2.94. The minimum Gasteiger partial charge on any atom is -0.370 e. The van der Waals surface area contributed by atoms with E-state index in [1.165, 1.54) is 12.8 Å². The first-order valence-corrected chi connectivity index (χ1v) is 8.21. The Bertz CT molecular complexity index is 618. The van der Waals surface area contributed by atoms with E-state index in [1.807, 2.05) is 18.2 Å². The van der Waals surface area contributed by atoms with Gasteiger partial charge >= 0.3 is 0 Å². The lowest BCUT2D eigenvalue weighted by molar-refractivity contribution is 0.270. The number of guanidine groups is 1.